The molecule has 1 aliphatic heterocycles. The fourth-order valence-electron chi connectivity index (χ4n) is 4.79. The molecule has 0 radical (unpaired) electrons. The Morgan fingerprint density at radius 1 is 1.31 bits per heavy atom. The first-order chi connectivity index (χ1) is 17.1. The van der Waals surface area contributed by atoms with E-state index < -0.39 is 5.54 Å². The SMILES string of the molecule is N#CC1([n+]2cc([C@@H](CC(=O)c3ccsc3)C3CCCN(C(=O)OCc4ccccc4)C3)n[nH]2)CC1. The Bertz CT molecular complexity index is 1210. The largest absolute Gasteiger partial charge is 0.445 e. The van der Waals surface area contributed by atoms with Crippen LogP contribution in [-0.2, 0) is 16.9 Å². The summed E-state index contributed by atoms with van der Waals surface area (Å²) in [5, 5.41) is 20.9. The summed E-state index contributed by atoms with van der Waals surface area (Å²) in [6.45, 7) is 1.37. The highest BCUT2D eigenvalue weighted by Gasteiger charge is 2.52. The second kappa shape index (κ2) is 10.0. The van der Waals surface area contributed by atoms with Gasteiger partial charge in [0.2, 0.25) is 11.2 Å². The predicted molar refractivity (Wildman–Crippen MR) is 129 cm³/mol. The highest BCUT2D eigenvalue weighted by atomic mass is 32.1. The molecule has 180 valence electrons. The molecule has 9 heteroatoms. The summed E-state index contributed by atoms with van der Waals surface area (Å²) in [6.07, 6.45) is 5.16. The average molecular weight is 491 g/mol. The molecule has 35 heavy (non-hydrogen) atoms. The van der Waals surface area contributed by atoms with Gasteiger partial charge in [-0.25, -0.2) is 4.79 Å². The van der Waals surface area contributed by atoms with Crippen LogP contribution in [0.1, 0.15) is 59.6 Å². The van der Waals surface area contributed by atoms with Crippen LogP contribution in [0.25, 0.3) is 0 Å². The molecule has 0 bridgehead atoms. The fraction of sp³-hybridized carbons (Fsp3) is 0.423. The van der Waals surface area contributed by atoms with Gasteiger partial charge >= 0.3 is 6.09 Å². The molecule has 2 atom stereocenters. The number of aromatic nitrogens is 3. The van der Waals surface area contributed by atoms with E-state index in [0.717, 1.165) is 36.9 Å². The Hall–Kier alpha value is -3.51. The lowest BCUT2D eigenvalue weighted by Crippen LogP contribution is -2.47. The monoisotopic (exact) mass is 490 g/mol. The number of ether oxygens (including phenoxy) is 1. The minimum Gasteiger partial charge on any atom is -0.445 e. The molecule has 1 N–H and O–H groups in total. The predicted octanol–water partition coefficient (Wildman–Crippen LogP) is 4.18. The van der Waals surface area contributed by atoms with Gasteiger partial charge in [-0.05, 0) is 35.8 Å². The normalized spacial score (nSPS) is 19.5. The van der Waals surface area contributed by atoms with Crippen LogP contribution >= 0.6 is 11.3 Å². The van der Waals surface area contributed by atoms with Crippen molar-refractivity contribution in [1.82, 2.24) is 15.2 Å². The van der Waals surface area contributed by atoms with Gasteiger partial charge in [-0.15, -0.1) is 4.68 Å². The van der Waals surface area contributed by atoms with E-state index in [1.807, 2.05) is 53.4 Å². The summed E-state index contributed by atoms with van der Waals surface area (Å²) in [7, 11) is 0. The molecule has 1 saturated carbocycles. The summed E-state index contributed by atoms with van der Waals surface area (Å²) in [4.78, 5) is 27.7. The molecule has 2 fully saturated rings. The minimum absolute atomic E-state index is 0.0598. The van der Waals surface area contributed by atoms with Crippen LogP contribution in [0.3, 0.4) is 0 Å². The number of Topliss-reactive ketones (excluding diaryl/α,β-unsaturated/α-hetero) is 1. The lowest BCUT2D eigenvalue weighted by atomic mass is 9.80. The van der Waals surface area contributed by atoms with E-state index in [2.05, 4.69) is 16.4 Å². The minimum atomic E-state index is -0.549. The quantitative estimate of drug-likeness (QED) is 0.377. The molecule has 3 aromatic rings. The van der Waals surface area contributed by atoms with Crippen LogP contribution in [0, 0.1) is 17.2 Å². The van der Waals surface area contributed by atoms with Gasteiger partial charge in [-0.1, -0.05) is 35.5 Å². The van der Waals surface area contributed by atoms with E-state index in [0.29, 0.717) is 25.1 Å². The molecule has 1 amide bonds. The lowest BCUT2D eigenvalue weighted by molar-refractivity contribution is -0.780. The number of carbonyl (C=O) groups is 2. The number of carbonyl (C=O) groups excluding carboxylic acids is 2. The third-order valence-electron chi connectivity index (χ3n) is 7.06. The Morgan fingerprint density at radius 2 is 2.14 bits per heavy atom. The van der Waals surface area contributed by atoms with Crippen molar-refractivity contribution >= 4 is 23.2 Å². The zero-order valence-corrected chi connectivity index (χ0v) is 20.2. The molecular weight excluding hydrogens is 462 g/mol. The van der Waals surface area contributed by atoms with E-state index in [-0.39, 0.29) is 30.3 Å². The first-order valence-electron chi connectivity index (χ1n) is 12.0. The van der Waals surface area contributed by atoms with Crippen LogP contribution in [0.2, 0.25) is 0 Å². The van der Waals surface area contributed by atoms with Crippen molar-refractivity contribution in [2.24, 2.45) is 5.92 Å². The number of nitrogens with one attached hydrogen (secondary N) is 1. The van der Waals surface area contributed by atoms with E-state index >= 15 is 0 Å². The van der Waals surface area contributed by atoms with E-state index in [1.165, 1.54) is 11.3 Å². The van der Waals surface area contributed by atoms with Crippen LogP contribution < -0.4 is 4.68 Å². The number of hydrogen-bond acceptors (Lipinski definition) is 6. The van der Waals surface area contributed by atoms with Gasteiger partial charge in [0.1, 0.15) is 12.7 Å². The molecule has 2 aromatic heterocycles. The molecule has 2 aliphatic rings. The number of thiophene rings is 1. The Balaban J connectivity index is 1.32. The van der Waals surface area contributed by atoms with Crippen molar-refractivity contribution in [2.45, 2.75) is 50.2 Å². The number of nitrogens with zero attached hydrogens (tertiary/aromatic N) is 4. The number of likely N-dealkylation sites (tertiary alicyclic amines) is 1. The number of H-pyrrole nitrogens is 1. The number of amides is 1. The molecule has 5 rings (SSSR count). The number of piperidine rings is 1. The highest BCUT2D eigenvalue weighted by molar-refractivity contribution is 7.08. The van der Waals surface area contributed by atoms with Gasteiger partial charge in [-0.3, -0.25) is 4.79 Å². The van der Waals surface area contributed by atoms with Gasteiger partial charge in [0.15, 0.2) is 12.0 Å². The number of benzene rings is 1. The van der Waals surface area contributed by atoms with Crippen molar-refractivity contribution in [3.8, 4) is 6.07 Å². The molecule has 1 saturated heterocycles. The lowest BCUT2D eigenvalue weighted by Gasteiger charge is -2.34. The third-order valence-corrected chi connectivity index (χ3v) is 7.74. The summed E-state index contributed by atoms with van der Waals surface area (Å²) in [6, 6.07) is 13.8. The molecular formula is C26H28N5O3S+. The van der Waals surface area contributed by atoms with Crippen LogP contribution in [0.5, 0.6) is 0 Å². The maximum absolute atomic E-state index is 13.1. The molecule has 3 heterocycles. The van der Waals surface area contributed by atoms with Gasteiger partial charge in [-0.2, -0.15) is 16.6 Å². The third kappa shape index (κ3) is 5.13. The van der Waals surface area contributed by atoms with Crippen molar-refractivity contribution in [3.63, 3.8) is 0 Å². The van der Waals surface area contributed by atoms with E-state index in [1.54, 1.807) is 9.58 Å². The second-order valence-corrected chi connectivity index (χ2v) is 10.2. The number of ketones is 1. The number of rotatable bonds is 8. The van der Waals surface area contributed by atoms with E-state index in [4.69, 9.17) is 4.74 Å². The zero-order valence-electron chi connectivity index (χ0n) is 19.4. The van der Waals surface area contributed by atoms with Gasteiger partial charge in [0, 0.05) is 54.3 Å². The summed E-state index contributed by atoms with van der Waals surface area (Å²) >= 11 is 1.50. The van der Waals surface area contributed by atoms with Crippen LogP contribution in [0.15, 0.2) is 53.4 Å². The number of nitriles is 1. The molecule has 8 nitrogen and oxygen atoms in total. The number of hydrogen-bond donors (Lipinski definition) is 1. The molecule has 0 spiro atoms. The van der Waals surface area contributed by atoms with Crippen molar-refractivity contribution in [3.05, 3.63) is 70.2 Å². The maximum atomic E-state index is 13.1. The smallest absolute Gasteiger partial charge is 0.410 e. The van der Waals surface area contributed by atoms with Gasteiger partial charge in [0.05, 0.1) is 0 Å². The zero-order chi connectivity index (χ0) is 24.3. The summed E-state index contributed by atoms with van der Waals surface area (Å²) in [5.41, 5.74) is 1.86. The van der Waals surface area contributed by atoms with Crippen LogP contribution in [0.4, 0.5) is 4.79 Å². The molecule has 1 aromatic carbocycles. The molecule has 1 aliphatic carbocycles. The Labute approximate surface area is 208 Å². The first-order valence-corrected chi connectivity index (χ1v) is 12.9. The Kier molecular flexibility index (Phi) is 6.64. The highest BCUT2D eigenvalue weighted by Crippen LogP contribution is 2.38. The van der Waals surface area contributed by atoms with Gasteiger partial charge < -0.3 is 9.64 Å². The number of aromatic amines is 1. The average Bonchev–Trinajstić information content (AvgIpc) is 3.26. The standard InChI is InChI=1S/C26H27N5O3S/c27-18-26(9-10-26)31-15-23(28-29-31)22(13-24(32)21-8-12-35-17-21)20-7-4-11-30(14-20)25(33)34-16-19-5-2-1-3-6-19/h1-3,5-6,8,12,15,17,20,22H,4,7,9-11,13-14,16H2/p+1/t20?,22-/m0/s1. The topological polar surface area (TPSA) is 103 Å². The fourth-order valence-corrected chi connectivity index (χ4v) is 5.45. The van der Waals surface area contributed by atoms with Crippen molar-refractivity contribution in [1.29, 1.82) is 5.26 Å². The second-order valence-electron chi connectivity index (χ2n) is 9.41. The first kappa shape index (κ1) is 23.2. The van der Waals surface area contributed by atoms with Gasteiger partial charge in [0.25, 0.3) is 0 Å². The summed E-state index contributed by atoms with van der Waals surface area (Å²) < 4.78 is 7.35. The summed E-state index contributed by atoms with van der Waals surface area (Å²) in [5.74, 6) is -0.0419. The van der Waals surface area contributed by atoms with Crippen LogP contribution in [-0.4, -0.2) is 40.2 Å². The maximum Gasteiger partial charge on any atom is 0.410 e. The van der Waals surface area contributed by atoms with Crippen molar-refractivity contribution in [2.75, 3.05) is 13.1 Å². The van der Waals surface area contributed by atoms with Crippen molar-refractivity contribution < 1.29 is 19.0 Å². The molecule has 1 unspecified atom stereocenters. The Morgan fingerprint density at radius 3 is 2.86 bits per heavy atom. The van der Waals surface area contributed by atoms with E-state index in [9.17, 15) is 14.9 Å².